The third-order valence-corrected chi connectivity index (χ3v) is 5.04. The highest BCUT2D eigenvalue weighted by molar-refractivity contribution is 5.66. The molecule has 25 heavy (non-hydrogen) atoms. The highest BCUT2D eigenvalue weighted by atomic mass is 16.4. The summed E-state index contributed by atoms with van der Waals surface area (Å²) in [7, 11) is 0. The van der Waals surface area contributed by atoms with Gasteiger partial charge in [-0.2, -0.15) is 0 Å². The Morgan fingerprint density at radius 3 is 2.48 bits per heavy atom. The van der Waals surface area contributed by atoms with Crippen molar-refractivity contribution >= 4 is 5.97 Å². The molecule has 2 rings (SSSR count). The lowest BCUT2D eigenvalue weighted by Crippen LogP contribution is -2.24. The predicted molar refractivity (Wildman–Crippen MR) is 94.9 cm³/mol. The van der Waals surface area contributed by atoms with E-state index in [4.69, 9.17) is 5.11 Å². The third kappa shape index (κ3) is 5.96. The number of carboxylic acids is 1. The van der Waals surface area contributed by atoms with E-state index in [-0.39, 0.29) is 18.3 Å². The van der Waals surface area contributed by atoms with E-state index in [1.165, 1.54) is 0 Å². The van der Waals surface area contributed by atoms with Crippen molar-refractivity contribution in [3.05, 3.63) is 48.0 Å². The lowest BCUT2D eigenvalue weighted by molar-refractivity contribution is -0.137. The summed E-state index contributed by atoms with van der Waals surface area (Å²) in [5.41, 5.74) is 0.819. The first kappa shape index (κ1) is 19.6. The lowest BCUT2D eigenvalue weighted by Gasteiger charge is -2.25. The van der Waals surface area contributed by atoms with Gasteiger partial charge in [-0.05, 0) is 49.5 Å². The third-order valence-electron chi connectivity index (χ3n) is 5.04. The number of allylic oxidation sites excluding steroid dienone is 2. The van der Waals surface area contributed by atoms with Crippen LogP contribution in [-0.2, 0) is 4.79 Å². The van der Waals surface area contributed by atoms with Gasteiger partial charge in [0.1, 0.15) is 0 Å². The van der Waals surface area contributed by atoms with Crippen LogP contribution in [0.25, 0.3) is 0 Å². The Balaban J connectivity index is 1.89. The summed E-state index contributed by atoms with van der Waals surface area (Å²) in [6, 6.07) is 9.35. The number of hydrogen-bond donors (Lipinski definition) is 4. The smallest absolute Gasteiger partial charge is 0.303 e. The Labute approximate surface area is 148 Å². The fourth-order valence-electron chi connectivity index (χ4n) is 3.64. The van der Waals surface area contributed by atoms with Crippen LogP contribution in [0.3, 0.4) is 0 Å². The molecule has 0 aromatic heterocycles. The Bertz CT molecular complexity index is 556. The van der Waals surface area contributed by atoms with E-state index in [1.807, 2.05) is 42.5 Å². The molecule has 0 heterocycles. The molecule has 1 aromatic carbocycles. The molecule has 1 aliphatic carbocycles. The lowest BCUT2D eigenvalue weighted by atomic mass is 9.84. The Morgan fingerprint density at radius 1 is 1.12 bits per heavy atom. The first-order valence-corrected chi connectivity index (χ1v) is 8.95. The van der Waals surface area contributed by atoms with E-state index in [0.717, 1.165) is 5.56 Å². The summed E-state index contributed by atoms with van der Waals surface area (Å²) in [4.78, 5) is 10.5. The Hall–Kier alpha value is -1.69. The van der Waals surface area contributed by atoms with Crippen LogP contribution in [0.5, 0.6) is 0 Å². The van der Waals surface area contributed by atoms with Gasteiger partial charge in [-0.15, -0.1) is 0 Å². The average molecular weight is 348 g/mol. The zero-order valence-corrected chi connectivity index (χ0v) is 14.4. The minimum atomic E-state index is -0.794. The minimum Gasteiger partial charge on any atom is -0.481 e. The molecule has 0 amide bonds. The number of rotatable bonds is 9. The zero-order valence-electron chi connectivity index (χ0n) is 14.4. The van der Waals surface area contributed by atoms with Crippen LogP contribution >= 0.6 is 0 Å². The monoisotopic (exact) mass is 348 g/mol. The molecule has 0 saturated heterocycles. The van der Waals surface area contributed by atoms with Crippen molar-refractivity contribution in [2.24, 2.45) is 11.8 Å². The summed E-state index contributed by atoms with van der Waals surface area (Å²) < 4.78 is 0. The maximum absolute atomic E-state index is 10.5. The second-order valence-electron chi connectivity index (χ2n) is 6.85. The fraction of sp³-hybridized carbons (Fsp3) is 0.550. The quantitative estimate of drug-likeness (QED) is 0.406. The van der Waals surface area contributed by atoms with Crippen LogP contribution in [0.1, 0.15) is 50.2 Å². The SMILES string of the molecule is O=C(O)CCC/C=C\CC1C(CC(O)c2ccccc2)[C@H](O)C[C@@H]1O. The van der Waals surface area contributed by atoms with Gasteiger partial charge in [-0.3, -0.25) is 4.79 Å². The molecule has 4 N–H and O–H groups in total. The van der Waals surface area contributed by atoms with Crippen LogP contribution in [-0.4, -0.2) is 38.6 Å². The van der Waals surface area contributed by atoms with Crippen LogP contribution in [0.2, 0.25) is 0 Å². The van der Waals surface area contributed by atoms with Gasteiger partial charge in [0.15, 0.2) is 0 Å². The largest absolute Gasteiger partial charge is 0.481 e. The summed E-state index contributed by atoms with van der Waals surface area (Å²) in [6.07, 6.45) is 4.86. The number of carbonyl (C=O) groups is 1. The number of aliphatic carboxylic acids is 1. The van der Waals surface area contributed by atoms with E-state index in [2.05, 4.69) is 0 Å². The van der Waals surface area contributed by atoms with Gasteiger partial charge in [0.25, 0.3) is 0 Å². The number of benzene rings is 1. The van der Waals surface area contributed by atoms with Crippen molar-refractivity contribution in [1.29, 1.82) is 0 Å². The van der Waals surface area contributed by atoms with Crippen molar-refractivity contribution < 1.29 is 25.2 Å². The molecule has 5 atom stereocenters. The number of hydrogen-bond acceptors (Lipinski definition) is 4. The zero-order chi connectivity index (χ0) is 18.2. The molecular weight excluding hydrogens is 320 g/mol. The van der Waals surface area contributed by atoms with Gasteiger partial charge in [-0.1, -0.05) is 42.5 Å². The van der Waals surface area contributed by atoms with Gasteiger partial charge < -0.3 is 20.4 Å². The van der Waals surface area contributed by atoms with Crippen molar-refractivity contribution in [3.63, 3.8) is 0 Å². The van der Waals surface area contributed by atoms with Crippen LogP contribution < -0.4 is 0 Å². The molecular formula is C20H28O5. The van der Waals surface area contributed by atoms with Crippen LogP contribution in [0.15, 0.2) is 42.5 Å². The summed E-state index contributed by atoms with van der Waals surface area (Å²) in [5.74, 6) is -1.05. The molecule has 138 valence electrons. The standard InChI is InChI=1S/C20H28O5/c21-17(14-8-4-3-5-9-14)12-16-15(18(22)13-19(16)23)10-6-1-2-7-11-20(24)25/h1,3-6,8-9,15-19,21-23H,2,7,10-13H2,(H,24,25)/b6-1-/t15?,16?,17?,18-,19+/m0/s1. The van der Waals surface area contributed by atoms with Gasteiger partial charge in [0, 0.05) is 6.42 Å². The van der Waals surface area contributed by atoms with E-state index in [9.17, 15) is 20.1 Å². The second-order valence-corrected chi connectivity index (χ2v) is 6.85. The van der Waals surface area contributed by atoms with Crippen molar-refractivity contribution in [1.82, 2.24) is 0 Å². The van der Waals surface area contributed by atoms with E-state index in [0.29, 0.717) is 32.1 Å². The van der Waals surface area contributed by atoms with Crippen molar-refractivity contribution in [2.75, 3.05) is 0 Å². The molecule has 0 bridgehead atoms. The topological polar surface area (TPSA) is 98.0 Å². The summed E-state index contributed by atoms with van der Waals surface area (Å²) in [5, 5.41) is 39.5. The highest BCUT2D eigenvalue weighted by Gasteiger charge is 2.41. The maximum Gasteiger partial charge on any atom is 0.303 e. The van der Waals surface area contributed by atoms with Gasteiger partial charge >= 0.3 is 5.97 Å². The summed E-state index contributed by atoms with van der Waals surface area (Å²) >= 11 is 0. The van der Waals surface area contributed by atoms with Gasteiger partial charge in [0.2, 0.25) is 0 Å². The van der Waals surface area contributed by atoms with Crippen LogP contribution in [0, 0.1) is 11.8 Å². The molecule has 1 aliphatic rings. The van der Waals surface area contributed by atoms with Crippen molar-refractivity contribution in [3.8, 4) is 0 Å². The fourth-order valence-corrected chi connectivity index (χ4v) is 3.64. The molecule has 0 aliphatic heterocycles. The number of carboxylic acid groups (broad SMARTS) is 1. The van der Waals surface area contributed by atoms with Crippen LogP contribution in [0.4, 0.5) is 0 Å². The molecule has 3 unspecified atom stereocenters. The predicted octanol–water partition coefficient (Wildman–Crippen LogP) is 2.67. The highest BCUT2D eigenvalue weighted by Crippen LogP contribution is 2.40. The number of unbranched alkanes of at least 4 members (excludes halogenated alkanes) is 1. The van der Waals surface area contributed by atoms with Gasteiger partial charge in [-0.25, -0.2) is 0 Å². The first-order chi connectivity index (χ1) is 12.0. The molecule has 1 saturated carbocycles. The molecule has 5 heteroatoms. The molecule has 5 nitrogen and oxygen atoms in total. The Kier molecular flexibility index (Phi) is 7.62. The molecule has 0 spiro atoms. The van der Waals surface area contributed by atoms with E-state index >= 15 is 0 Å². The minimum absolute atomic E-state index is 0.0934. The summed E-state index contributed by atoms with van der Waals surface area (Å²) in [6.45, 7) is 0. The maximum atomic E-state index is 10.5. The Morgan fingerprint density at radius 2 is 1.80 bits per heavy atom. The number of aliphatic hydroxyl groups excluding tert-OH is 3. The molecule has 1 aromatic rings. The molecule has 0 radical (unpaired) electrons. The van der Waals surface area contributed by atoms with Gasteiger partial charge in [0.05, 0.1) is 18.3 Å². The van der Waals surface area contributed by atoms with E-state index < -0.39 is 24.3 Å². The first-order valence-electron chi connectivity index (χ1n) is 8.95. The second kappa shape index (κ2) is 9.70. The number of aliphatic hydroxyl groups is 3. The normalized spacial score (nSPS) is 27.6. The van der Waals surface area contributed by atoms with Crippen molar-refractivity contribution in [2.45, 2.75) is 56.8 Å². The average Bonchev–Trinajstić information content (AvgIpc) is 2.85. The molecule has 1 fully saturated rings. The van der Waals surface area contributed by atoms with E-state index in [1.54, 1.807) is 0 Å².